The predicted octanol–water partition coefficient (Wildman–Crippen LogP) is 2.51. The van der Waals surface area contributed by atoms with Crippen LogP contribution in [0.4, 0.5) is 11.4 Å². The molecule has 1 saturated heterocycles. The van der Waals surface area contributed by atoms with Gasteiger partial charge in [0.15, 0.2) is 11.7 Å². The van der Waals surface area contributed by atoms with Crippen molar-refractivity contribution in [3.63, 3.8) is 0 Å². The van der Waals surface area contributed by atoms with Crippen LogP contribution in [0.5, 0.6) is 5.75 Å². The van der Waals surface area contributed by atoms with Gasteiger partial charge in [-0.3, -0.25) is 10.1 Å². The summed E-state index contributed by atoms with van der Waals surface area (Å²) in [6.07, 6.45) is 0. The van der Waals surface area contributed by atoms with Crippen LogP contribution in [0.3, 0.4) is 0 Å². The van der Waals surface area contributed by atoms with Crippen molar-refractivity contribution in [1.29, 1.82) is 0 Å². The lowest BCUT2D eigenvalue weighted by molar-refractivity contribution is -0.121. The molecule has 0 atom stereocenters. The highest BCUT2D eigenvalue weighted by Gasteiger charge is 2.18. The molecule has 1 aliphatic rings. The number of benzene rings is 2. The summed E-state index contributed by atoms with van der Waals surface area (Å²) in [5.41, 5.74) is 2.75. The van der Waals surface area contributed by atoms with Crippen molar-refractivity contribution < 1.29 is 23.8 Å². The maximum absolute atomic E-state index is 12.3. The van der Waals surface area contributed by atoms with Gasteiger partial charge in [-0.1, -0.05) is 18.2 Å². The lowest BCUT2D eigenvalue weighted by atomic mass is 10.1. The number of para-hydroxylation sites is 1. The van der Waals surface area contributed by atoms with E-state index in [0.29, 0.717) is 43.3 Å². The Hall–Kier alpha value is -3.17. The molecule has 2 aromatic rings. The molecule has 0 unspecified atom stereocenters. The maximum atomic E-state index is 12.3. The Bertz CT molecular complexity index is 960. The van der Waals surface area contributed by atoms with Crippen LogP contribution in [0.2, 0.25) is 0 Å². The van der Waals surface area contributed by atoms with Crippen LogP contribution in [0.15, 0.2) is 42.5 Å². The molecule has 9 heteroatoms. The fraction of sp³-hybridized carbons (Fsp3) is 0.318. The number of nitrogens with zero attached hydrogens (tertiary/aromatic N) is 1. The summed E-state index contributed by atoms with van der Waals surface area (Å²) in [7, 11) is 1.32. The van der Waals surface area contributed by atoms with Gasteiger partial charge >= 0.3 is 5.97 Å². The summed E-state index contributed by atoms with van der Waals surface area (Å²) in [6, 6.07) is 12.6. The average molecular weight is 444 g/mol. The molecule has 0 saturated carbocycles. The molecule has 3 rings (SSSR count). The highest BCUT2D eigenvalue weighted by molar-refractivity contribution is 7.80. The van der Waals surface area contributed by atoms with E-state index < -0.39 is 11.9 Å². The highest BCUT2D eigenvalue weighted by atomic mass is 32.1. The zero-order valence-corrected chi connectivity index (χ0v) is 18.3. The molecule has 164 valence electrons. The van der Waals surface area contributed by atoms with Crippen LogP contribution in [0.25, 0.3) is 0 Å². The third-order valence-corrected chi connectivity index (χ3v) is 4.93. The van der Waals surface area contributed by atoms with Gasteiger partial charge in [-0.2, -0.15) is 0 Å². The second-order valence-corrected chi connectivity index (χ2v) is 7.29. The summed E-state index contributed by atoms with van der Waals surface area (Å²) in [5, 5.41) is 5.74. The molecule has 1 amide bonds. The molecule has 0 aromatic heterocycles. The van der Waals surface area contributed by atoms with E-state index >= 15 is 0 Å². The van der Waals surface area contributed by atoms with E-state index in [1.165, 1.54) is 7.11 Å². The summed E-state index contributed by atoms with van der Waals surface area (Å²) in [5.74, 6) is -0.215. The standard InChI is InChI=1S/C22H25N3O5S/c1-15-5-3-4-6-19(15)30-14-20(26)24-22(31)23-17-13-16(21(27)28-2)7-8-18(17)25-9-11-29-12-10-25/h3-8,13H,9-12,14H2,1-2H3,(H2,23,24,26,31). The Morgan fingerprint density at radius 2 is 1.90 bits per heavy atom. The van der Waals surface area contributed by atoms with Crippen molar-refractivity contribution in [1.82, 2.24) is 5.32 Å². The SMILES string of the molecule is COC(=O)c1ccc(N2CCOCC2)c(NC(=S)NC(=O)COc2ccccc2C)c1. The van der Waals surface area contributed by atoms with Crippen molar-refractivity contribution >= 4 is 40.6 Å². The molecule has 31 heavy (non-hydrogen) atoms. The number of aryl methyl sites for hydroxylation is 1. The second-order valence-electron chi connectivity index (χ2n) is 6.88. The molecule has 8 nitrogen and oxygen atoms in total. The quantitative estimate of drug-likeness (QED) is 0.520. The number of nitrogens with one attached hydrogen (secondary N) is 2. The van der Waals surface area contributed by atoms with E-state index in [4.69, 9.17) is 26.4 Å². The lowest BCUT2D eigenvalue weighted by Crippen LogP contribution is -2.39. The first-order valence-corrected chi connectivity index (χ1v) is 10.2. The number of carbonyl (C=O) groups excluding carboxylic acids is 2. The molecule has 1 heterocycles. The highest BCUT2D eigenvalue weighted by Crippen LogP contribution is 2.28. The summed E-state index contributed by atoms with van der Waals surface area (Å²) >= 11 is 5.31. The largest absolute Gasteiger partial charge is 0.483 e. The van der Waals surface area contributed by atoms with Crippen LogP contribution in [-0.2, 0) is 14.3 Å². The number of hydrogen-bond acceptors (Lipinski definition) is 7. The van der Waals surface area contributed by atoms with Crippen molar-refractivity contribution in [3.8, 4) is 5.75 Å². The van der Waals surface area contributed by atoms with Crippen molar-refractivity contribution in [2.45, 2.75) is 6.92 Å². The number of rotatable bonds is 6. The van der Waals surface area contributed by atoms with E-state index in [2.05, 4.69) is 15.5 Å². The molecule has 0 aliphatic carbocycles. The number of esters is 1. The Morgan fingerprint density at radius 3 is 2.61 bits per heavy atom. The van der Waals surface area contributed by atoms with Gasteiger partial charge in [-0.25, -0.2) is 4.79 Å². The molecule has 0 bridgehead atoms. The minimum Gasteiger partial charge on any atom is -0.483 e. The van der Waals surface area contributed by atoms with Gasteiger partial charge in [-0.05, 0) is 49.0 Å². The van der Waals surface area contributed by atoms with Gasteiger partial charge in [0.25, 0.3) is 5.91 Å². The van der Waals surface area contributed by atoms with E-state index in [1.807, 2.05) is 31.2 Å². The van der Waals surface area contributed by atoms with Gasteiger partial charge < -0.3 is 24.4 Å². The van der Waals surface area contributed by atoms with Crippen molar-refractivity contribution in [2.75, 3.05) is 50.2 Å². The van der Waals surface area contributed by atoms with E-state index in [1.54, 1.807) is 18.2 Å². The number of anilines is 2. The molecule has 0 radical (unpaired) electrons. The Kier molecular flexibility index (Phi) is 7.80. The van der Waals surface area contributed by atoms with Crippen LogP contribution in [0, 0.1) is 6.92 Å². The summed E-state index contributed by atoms with van der Waals surface area (Å²) < 4.78 is 15.8. The average Bonchev–Trinajstić information content (AvgIpc) is 2.78. The van der Waals surface area contributed by atoms with Gasteiger partial charge in [0.1, 0.15) is 5.75 Å². The zero-order chi connectivity index (χ0) is 22.2. The molecular formula is C22H25N3O5S. The minimum absolute atomic E-state index is 0.106. The first-order chi connectivity index (χ1) is 15.0. The van der Waals surface area contributed by atoms with Crippen LogP contribution in [0.1, 0.15) is 15.9 Å². The van der Waals surface area contributed by atoms with E-state index in [-0.39, 0.29) is 11.7 Å². The number of thiocarbonyl (C=S) groups is 1. The third kappa shape index (κ3) is 6.16. The third-order valence-electron chi connectivity index (χ3n) is 4.72. The first kappa shape index (κ1) is 22.5. The normalized spacial score (nSPS) is 13.3. The Morgan fingerprint density at radius 1 is 1.16 bits per heavy atom. The minimum atomic E-state index is -0.460. The first-order valence-electron chi connectivity index (χ1n) is 9.82. The molecule has 0 spiro atoms. The van der Waals surface area contributed by atoms with E-state index in [9.17, 15) is 9.59 Å². The molecular weight excluding hydrogens is 418 g/mol. The smallest absolute Gasteiger partial charge is 0.337 e. The molecule has 2 N–H and O–H groups in total. The Labute approximate surface area is 186 Å². The monoisotopic (exact) mass is 443 g/mol. The zero-order valence-electron chi connectivity index (χ0n) is 17.5. The van der Waals surface area contributed by atoms with Gasteiger partial charge in [0, 0.05) is 13.1 Å². The number of methoxy groups -OCH3 is 1. The number of carbonyl (C=O) groups is 2. The fourth-order valence-electron chi connectivity index (χ4n) is 3.14. The Balaban J connectivity index is 1.67. The molecule has 1 fully saturated rings. The van der Waals surface area contributed by atoms with Crippen LogP contribution < -0.4 is 20.3 Å². The lowest BCUT2D eigenvalue weighted by Gasteiger charge is -2.31. The van der Waals surface area contributed by atoms with Crippen molar-refractivity contribution in [2.24, 2.45) is 0 Å². The van der Waals surface area contributed by atoms with Crippen LogP contribution >= 0.6 is 12.2 Å². The maximum Gasteiger partial charge on any atom is 0.337 e. The van der Waals surface area contributed by atoms with Gasteiger partial charge in [0.2, 0.25) is 0 Å². The van der Waals surface area contributed by atoms with Crippen molar-refractivity contribution in [3.05, 3.63) is 53.6 Å². The number of morpholine rings is 1. The topological polar surface area (TPSA) is 89.1 Å². The molecule has 2 aromatic carbocycles. The summed E-state index contributed by atoms with van der Waals surface area (Å²) in [4.78, 5) is 26.4. The van der Waals surface area contributed by atoms with E-state index in [0.717, 1.165) is 11.3 Å². The summed E-state index contributed by atoms with van der Waals surface area (Å²) in [6.45, 7) is 4.35. The predicted molar refractivity (Wildman–Crippen MR) is 122 cm³/mol. The van der Waals surface area contributed by atoms with Gasteiger partial charge in [0.05, 0.1) is 37.3 Å². The molecule has 1 aliphatic heterocycles. The number of hydrogen-bond donors (Lipinski definition) is 2. The second kappa shape index (κ2) is 10.7. The number of amides is 1. The fourth-order valence-corrected chi connectivity index (χ4v) is 3.36. The van der Waals surface area contributed by atoms with Crippen LogP contribution in [-0.4, -0.2) is 57.0 Å². The number of ether oxygens (including phenoxy) is 3. The van der Waals surface area contributed by atoms with Gasteiger partial charge in [-0.15, -0.1) is 0 Å².